The molecule has 0 atom stereocenters. The van der Waals surface area contributed by atoms with E-state index < -0.39 is 0 Å². The number of rotatable bonds is 3. The van der Waals surface area contributed by atoms with Crippen molar-refractivity contribution in [1.82, 2.24) is 5.43 Å². The Kier molecular flexibility index (Phi) is 4.53. The van der Waals surface area contributed by atoms with E-state index in [-0.39, 0.29) is 0 Å². The van der Waals surface area contributed by atoms with Crippen LogP contribution in [0.4, 0.5) is 5.69 Å². The summed E-state index contributed by atoms with van der Waals surface area (Å²) in [7, 11) is 0. The zero-order valence-electron chi connectivity index (χ0n) is 11.7. The molecule has 2 rings (SSSR count). The molecule has 0 amide bonds. The molecule has 0 spiro atoms. The smallest absolute Gasteiger partial charge is 0.191 e. The lowest BCUT2D eigenvalue weighted by molar-refractivity contribution is 0.527. The molecule has 1 aromatic heterocycles. The Morgan fingerprint density at radius 3 is 2.70 bits per heavy atom. The Morgan fingerprint density at radius 1 is 1.20 bits per heavy atom. The van der Waals surface area contributed by atoms with Crippen molar-refractivity contribution in [3.8, 4) is 0 Å². The zero-order chi connectivity index (χ0) is 14.5. The Labute approximate surface area is 123 Å². The molecule has 0 aliphatic carbocycles. The number of nitrogens with one attached hydrogen (secondary N) is 2. The predicted molar refractivity (Wildman–Crippen MR) is 86.3 cm³/mol. The summed E-state index contributed by atoms with van der Waals surface area (Å²) in [4.78, 5) is 0. The highest BCUT2D eigenvalue weighted by Gasteiger charge is 2.02. The van der Waals surface area contributed by atoms with Crippen molar-refractivity contribution in [3.63, 3.8) is 0 Å². The number of hydrazone groups is 1. The molecular formula is C15H17N3OS. The minimum Gasteiger partial charge on any atom is -0.460 e. The van der Waals surface area contributed by atoms with E-state index in [4.69, 9.17) is 16.6 Å². The standard InChI is InChI=1S/C15H17N3OS/c1-10-5-4-6-14(12(10)3)17-15(20)18-16-9-13-8-7-11(2)19-13/h4-9H,1-3H3,(H2,17,18,20)/b16-9+. The first-order chi connectivity index (χ1) is 9.56. The van der Waals surface area contributed by atoms with Crippen molar-refractivity contribution in [3.05, 3.63) is 53.0 Å². The van der Waals surface area contributed by atoms with Gasteiger partial charge in [0.1, 0.15) is 11.5 Å². The van der Waals surface area contributed by atoms with E-state index in [0.717, 1.165) is 11.4 Å². The van der Waals surface area contributed by atoms with E-state index in [1.54, 1.807) is 6.21 Å². The SMILES string of the molecule is Cc1ccc(/C=N/NC(=S)Nc2cccc(C)c2C)o1. The summed E-state index contributed by atoms with van der Waals surface area (Å²) in [6, 6.07) is 9.77. The molecule has 0 fully saturated rings. The second-order valence-corrected chi connectivity index (χ2v) is 4.93. The molecule has 0 saturated heterocycles. The largest absolute Gasteiger partial charge is 0.460 e. The molecule has 0 aliphatic rings. The maximum atomic E-state index is 5.37. The summed E-state index contributed by atoms with van der Waals surface area (Å²) in [6.45, 7) is 6.00. The molecule has 0 radical (unpaired) electrons. The number of furan rings is 1. The Hall–Kier alpha value is -2.14. The first-order valence-corrected chi connectivity index (χ1v) is 6.70. The molecular weight excluding hydrogens is 270 g/mol. The lowest BCUT2D eigenvalue weighted by Crippen LogP contribution is -2.24. The van der Waals surface area contributed by atoms with Gasteiger partial charge in [-0.2, -0.15) is 5.10 Å². The molecule has 1 heterocycles. The van der Waals surface area contributed by atoms with Crippen LogP contribution in [0.25, 0.3) is 0 Å². The number of nitrogens with zero attached hydrogens (tertiary/aromatic N) is 1. The van der Waals surface area contributed by atoms with Crippen LogP contribution in [0.2, 0.25) is 0 Å². The van der Waals surface area contributed by atoms with E-state index in [1.165, 1.54) is 11.1 Å². The van der Waals surface area contributed by atoms with Gasteiger partial charge in [-0.1, -0.05) is 12.1 Å². The van der Waals surface area contributed by atoms with Crippen LogP contribution in [-0.2, 0) is 0 Å². The normalized spacial score (nSPS) is 10.8. The third-order valence-electron chi connectivity index (χ3n) is 2.97. The average molecular weight is 287 g/mol. The maximum Gasteiger partial charge on any atom is 0.191 e. The van der Waals surface area contributed by atoms with Crippen LogP contribution in [0.3, 0.4) is 0 Å². The molecule has 0 saturated carbocycles. The van der Waals surface area contributed by atoms with Crippen molar-refractivity contribution in [2.24, 2.45) is 5.10 Å². The Balaban J connectivity index is 1.93. The van der Waals surface area contributed by atoms with E-state index in [2.05, 4.69) is 35.8 Å². The summed E-state index contributed by atoms with van der Waals surface area (Å²) in [5.74, 6) is 1.53. The summed E-state index contributed by atoms with van der Waals surface area (Å²) in [5.41, 5.74) is 6.13. The van der Waals surface area contributed by atoms with E-state index in [1.807, 2.05) is 31.2 Å². The third kappa shape index (κ3) is 3.68. The molecule has 5 heteroatoms. The van der Waals surface area contributed by atoms with Gasteiger partial charge in [0.2, 0.25) is 0 Å². The van der Waals surface area contributed by atoms with Crippen LogP contribution in [0.15, 0.2) is 39.9 Å². The second-order valence-electron chi connectivity index (χ2n) is 4.52. The minimum absolute atomic E-state index is 0.443. The number of benzene rings is 1. The van der Waals surface area contributed by atoms with Crippen LogP contribution in [-0.4, -0.2) is 11.3 Å². The summed E-state index contributed by atoms with van der Waals surface area (Å²) < 4.78 is 5.37. The molecule has 2 aromatic rings. The van der Waals surface area contributed by atoms with E-state index in [0.29, 0.717) is 10.9 Å². The monoisotopic (exact) mass is 287 g/mol. The Morgan fingerprint density at radius 2 is 2.00 bits per heavy atom. The number of anilines is 1. The highest BCUT2D eigenvalue weighted by atomic mass is 32.1. The van der Waals surface area contributed by atoms with Crippen molar-refractivity contribution >= 4 is 29.2 Å². The first kappa shape index (κ1) is 14.3. The topological polar surface area (TPSA) is 49.6 Å². The fourth-order valence-electron chi connectivity index (χ4n) is 1.71. The highest BCUT2D eigenvalue weighted by molar-refractivity contribution is 7.80. The number of hydrogen-bond donors (Lipinski definition) is 2. The molecule has 1 aromatic carbocycles. The summed E-state index contributed by atoms with van der Waals surface area (Å²) >= 11 is 5.19. The number of thiocarbonyl (C=S) groups is 1. The van der Waals surface area contributed by atoms with Gasteiger partial charge in [0.05, 0.1) is 6.21 Å². The van der Waals surface area contributed by atoms with Crippen LogP contribution < -0.4 is 10.7 Å². The molecule has 4 nitrogen and oxygen atoms in total. The molecule has 0 unspecified atom stereocenters. The van der Waals surface area contributed by atoms with E-state index >= 15 is 0 Å². The quantitative estimate of drug-likeness (QED) is 0.515. The van der Waals surface area contributed by atoms with Gasteiger partial charge in [-0.3, -0.25) is 5.43 Å². The van der Waals surface area contributed by atoms with Gasteiger partial charge < -0.3 is 9.73 Å². The van der Waals surface area contributed by atoms with Gasteiger partial charge in [0.25, 0.3) is 0 Å². The molecule has 104 valence electrons. The first-order valence-electron chi connectivity index (χ1n) is 6.29. The average Bonchev–Trinajstić information content (AvgIpc) is 2.81. The fourth-order valence-corrected chi connectivity index (χ4v) is 1.88. The maximum absolute atomic E-state index is 5.37. The fraction of sp³-hybridized carbons (Fsp3) is 0.200. The molecule has 20 heavy (non-hydrogen) atoms. The van der Waals surface area contributed by atoms with Crippen LogP contribution in [0, 0.1) is 20.8 Å². The summed E-state index contributed by atoms with van der Waals surface area (Å²) in [5, 5.41) is 7.59. The van der Waals surface area contributed by atoms with E-state index in [9.17, 15) is 0 Å². The number of hydrogen-bond acceptors (Lipinski definition) is 3. The lowest BCUT2D eigenvalue weighted by Gasteiger charge is -2.11. The van der Waals surface area contributed by atoms with Crippen molar-refractivity contribution in [2.45, 2.75) is 20.8 Å². The zero-order valence-corrected chi connectivity index (χ0v) is 12.5. The van der Waals surface area contributed by atoms with Crippen LogP contribution in [0.1, 0.15) is 22.6 Å². The van der Waals surface area contributed by atoms with Crippen molar-refractivity contribution in [2.75, 3.05) is 5.32 Å². The Bertz CT molecular complexity index is 646. The van der Waals surface area contributed by atoms with Crippen LogP contribution in [0.5, 0.6) is 0 Å². The predicted octanol–water partition coefficient (Wildman–Crippen LogP) is 3.53. The second kappa shape index (κ2) is 6.34. The highest BCUT2D eigenvalue weighted by Crippen LogP contribution is 2.17. The summed E-state index contributed by atoms with van der Waals surface area (Å²) in [6.07, 6.45) is 1.59. The van der Waals surface area contributed by atoms with Crippen molar-refractivity contribution in [1.29, 1.82) is 0 Å². The number of aryl methyl sites for hydroxylation is 2. The lowest BCUT2D eigenvalue weighted by atomic mass is 10.1. The van der Waals surface area contributed by atoms with Crippen LogP contribution >= 0.6 is 12.2 Å². The van der Waals surface area contributed by atoms with Gasteiger partial charge in [0.15, 0.2) is 5.11 Å². The molecule has 2 N–H and O–H groups in total. The van der Waals surface area contributed by atoms with Gasteiger partial charge >= 0.3 is 0 Å². The molecule has 0 aliphatic heterocycles. The van der Waals surface area contributed by atoms with Crippen molar-refractivity contribution < 1.29 is 4.42 Å². The van der Waals surface area contributed by atoms with Gasteiger partial charge in [-0.15, -0.1) is 0 Å². The van der Waals surface area contributed by atoms with Gasteiger partial charge in [0, 0.05) is 5.69 Å². The third-order valence-corrected chi connectivity index (χ3v) is 3.17. The van der Waals surface area contributed by atoms with Gasteiger partial charge in [-0.25, -0.2) is 0 Å². The molecule has 0 bridgehead atoms. The van der Waals surface area contributed by atoms with Gasteiger partial charge in [-0.05, 0) is 62.3 Å². The minimum atomic E-state index is 0.443.